The van der Waals surface area contributed by atoms with Crippen molar-refractivity contribution in [1.29, 1.82) is 0 Å². The molecule has 2 aromatic heterocycles. The van der Waals surface area contributed by atoms with Gasteiger partial charge < -0.3 is 20.9 Å². The molecular weight excluding hydrogens is 360 g/mol. The summed E-state index contributed by atoms with van der Waals surface area (Å²) in [6.07, 6.45) is 2.90. The van der Waals surface area contributed by atoms with Gasteiger partial charge >= 0.3 is 0 Å². The number of H-pyrrole nitrogens is 1. The summed E-state index contributed by atoms with van der Waals surface area (Å²) in [4.78, 5) is 46.8. The molecule has 0 radical (unpaired) electrons. The number of aromatic amines is 1. The number of nitrogens with zero attached hydrogens (tertiary/aromatic N) is 2. The molecule has 3 rings (SSSR count). The molecule has 0 bridgehead atoms. The number of nitrogens with one attached hydrogen (secondary N) is 4. The predicted molar refractivity (Wildman–Crippen MR) is 103 cm³/mol. The monoisotopic (exact) mass is 378 g/mol. The number of aromatic nitrogens is 3. The van der Waals surface area contributed by atoms with Crippen molar-refractivity contribution < 1.29 is 14.4 Å². The molecule has 0 aliphatic heterocycles. The van der Waals surface area contributed by atoms with Gasteiger partial charge in [0.1, 0.15) is 11.4 Å². The van der Waals surface area contributed by atoms with Crippen LogP contribution < -0.4 is 16.0 Å². The van der Waals surface area contributed by atoms with Crippen molar-refractivity contribution in [3.8, 4) is 0 Å². The number of hydrogen-bond donors (Lipinski definition) is 4. The molecule has 4 N–H and O–H groups in total. The average Bonchev–Trinajstić information content (AvgIpc) is 3.19. The van der Waals surface area contributed by atoms with E-state index in [2.05, 4.69) is 30.9 Å². The lowest BCUT2D eigenvalue weighted by Crippen LogP contribution is -2.23. The van der Waals surface area contributed by atoms with Gasteiger partial charge in [-0.05, 0) is 42.8 Å². The van der Waals surface area contributed by atoms with Crippen LogP contribution in [0.2, 0.25) is 0 Å². The number of benzene rings is 1. The van der Waals surface area contributed by atoms with Gasteiger partial charge in [0.15, 0.2) is 5.69 Å². The standard InChI is InChI=1S/C19H18N6O3/c1-11-3-8-14(21-9-11)17(26)24-12-4-6-13(7-5-12)25-19(28)16-15(18(27)20-2)22-10-23-16/h3-10H,1-2H3,(H,20,27)(H,22,23)(H,24,26)(H,25,28). The topological polar surface area (TPSA) is 129 Å². The van der Waals surface area contributed by atoms with E-state index in [-0.39, 0.29) is 17.3 Å². The Labute approximate surface area is 160 Å². The van der Waals surface area contributed by atoms with E-state index in [1.807, 2.05) is 13.0 Å². The fourth-order valence-electron chi connectivity index (χ4n) is 2.39. The number of amides is 3. The Balaban J connectivity index is 1.65. The van der Waals surface area contributed by atoms with Crippen LogP contribution in [0.4, 0.5) is 11.4 Å². The van der Waals surface area contributed by atoms with E-state index in [4.69, 9.17) is 0 Å². The molecule has 9 nitrogen and oxygen atoms in total. The van der Waals surface area contributed by atoms with E-state index in [9.17, 15) is 14.4 Å². The fourth-order valence-corrected chi connectivity index (χ4v) is 2.39. The minimum absolute atomic E-state index is 0.00878. The predicted octanol–water partition coefficient (Wildman–Crippen LogP) is 1.98. The molecule has 9 heteroatoms. The second kappa shape index (κ2) is 8.12. The molecule has 2 heterocycles. The summed E-state index contributed by atoms with van der Waals surface area (Å²) >= 11 is 0. The summed E-state index contributed by atoms with van der Waals surface area (Å²) in [6.45, 7) is 1.89. The zero-order valence-corrected chi connectivity index (χ0v) is 15.2. The highest BCUT2D eigenvalue weighted by molar-refractivity contribution is 6.10. The number of aryl methyl sites for hydroxylation is 1. The first-order valence-corrected chi connectivity index (χ1v) is 8.39. The molecule has 0 spiro atoms. The minimum atomic E-state index is -0.503. The SMILES string of the molecule is CNC(=O)c1nc[nH]c1C(=O)Nc1ccc(NC(=O)c2ccc(C)cn2)cc1. The summed E-state index contributed by atoms with van der Waals surface area (Å²) in [5.41, 5.74) is 2.39. The third kappa shape index (κ3) is 4.21. The molecule has 1 aromatic carbocycles. The second-order valence-corrected chi connectivity index (χ2v) is 5.91. The lowest BCUT2D eigenvalue weighted by atomic mass is 10.2. The van der Waals surface area contributed by atoms with E-state index >= 15 is 0 Å². The van der Waals surface area contributed by atoms with Crippen LogP contribution in [0.25, 0.3) is 0 Å². The first-order valence-electron chi connectivity index (χ1n) is 8.39. The van der Waals surface area contributed by atoms with Crippen LogP contribution in [0.1, 0.15) is 37.0 Å². The highest BCUT2D eigenvalue weighted by Gasteiger charge is 2.19. The molecule has 0 saturated carbocycles. The molecule has 0 saturated heterocycles. The van der Waals surface area contributed by atoms with Gasteiger partial charge in [-0.15, -0.1) is 0 Å². The Morgan fingerprint density at radius 3 is 2.07 bits per heavy atom. The van der Waals surface area contributed by atoms with Crippen molar-refractivity contribution in [2.24, 2.45) is 0 Å². The number of carbonyl (C=O) groups excluding carboxylic acids is 3. The molecule has 0 fully saturated rings. The second-order valence-electron chi connectivity index (χ2n) is 5.91. The zero-order chi connectivity index (χ0) is 20.1. The van der Waals surface area contributed by atoms with Crippen LogP contribution in [-0.2, 0) is 0 Å². The Bertz CT molecular complexity index is 1010. The van der Waals surface area contributed by atoms with E-state index in [1.54, 1.807) is 36.5 Å². The summed E-state index contributed by atoms with van der Waals surface area (Å²) in [7, 11) is 1.46. The summed E-state index contributed by atoms with van der Waals surface area (Å²) in [5.74, 6) is -1.30. The van der Waals surface area contributed by atoms with Gasteiger partial charge in [-0.25, -0.2) is 4.98 Å². The van der Waals surface area contributed by atoms with Crippen LogP contribution in [0.3, 0.4) is 0 Å². The van der Waals surface area contributed by atoms with Gasteiger partial charge in [-0.1, -0.05) is 6.07 Å². The van der Waals surface area contributed by atoms with Crippen LogP contribution in [0.15, 0.2) is 48.9 Å². The molecule has 28 heavy (non-hydrogen) atoms. The molecule has 142 valence electrons. The number of imidazole rings is 1. The quantitative estimate of drug-likeness (QED) is 0.539. The first kappa shape index (κ1) is 18.8. The van der Waals surface area contributed by atoms with Crippen LogP contribution in [0.5, 0.6) is 0 Å². The zero-order valence-electron chi connectivity index (χ0n) is 15.2. The van der Waals surface area contributed by atoms with Gasteiger partial charge in [0.25, 0.3) is 17.7 Å². The lowest BCUT2D eigenvalue weighted by molar-refractivity contribution is 0.0943. The van der Waals surface area contributed by atoms with Crippen molar-refractivity contribution in [2.75, 3.05) is 17.7 Å². The molecule has 0 aliphatic carbocycles. The Morgan fingerprint density at radius 2 is 1.50 bits per heavy atom. The van der Waals surface area contributed by atoms with E-state index in [0.717, 1.165) is 5.56 Å². The average molecular weight is 378 g/mol. The van der Waals surface area contributed by atoms with Crippen LogP contribution >= 0.6 is 0 Å². The van der Waals surface area contributed by atoms with Crippen molar-refractivity contribution in [2.45, 2.75) is 6.92 Å². The smallest absolute Gasteiger partial charge is 0.274 e. The normalized spacial score (nSPS) is 10.2. The Hall–Kier alpha value is -4.01. The van der Waals surface area contributed by atoms with Gasteiger partial charge in [0.05, 0.1) is 6.33 Å². The van der Waals surface area contributed by atoms with Crippen molar-refractivity contribution in [3.63, 3.8) is 0 Å². The highest BCUT2D eigenvalue weighted by Crippen LogP contribution is 2.16. The number of rotatable bonds is 5. The van der Waals surface area contributed by atoms with E-state index < -0.39 is 11.8 Å². The number of anilines is 2. The molecule has 3 amide bonds. The summed E-state index contributed by atoms with van der Waals surface area (Å²) in [6, 6.07) is 10.0. The van der Waals surface area contributed by atoms with Gasteiger partial charge in [-0.2, -0.15) is 0 Å². The molecule has 0 unspecified atom stereocenters. The van der Waals surface area contributed by atoms with Crippen LogP contribution in [0, 0.1) is 6.92 Å². The maximum absolute atomic E-state index is 12.4. The number of carbonyl (C=O) groups is 3. The third-order valence-electron chi connectivity index (χ3n) is 3.85. The molecule has 0 aliphatic rings. The Kier molecular flexibility index (Phi) is 5.45. The minimum Gasteiger partial charge on any atom is -0.354 e. The van der Waals surface area contributed by atoms with Crippen molar-refractivity contribution in [3.05, 3.63) is 71.6 Å². The van der Waals surface area contributed by atoms with Crippen molar-refractivity contribution >= 4 is 29.1 Å². The molecular formula is C19H18N6O3. The fraction of sp³-hybridized carbons (Fsp3) is 0.105. The van der Waals surface area contributed by atoms with E-state index in [1.165, 1.54) is 13.4 Å². The number of hydrogen-bond acceptors (Lipinski definition) is 5. The maximum Gasteiger partial charge on any atom is 0.274 e. The van der Waals surface area contributed by atoms with Gasteiger partial charge in [0.2, 0.25) is 0 Å². The molecule has 0 atom stereocenters. The lowest BCUT2D eigenvalue weighted by Gasteiger charge is -2.08. The van der Waals surface area contributed by atoms with Crippen LogP contribution in [-0.4, -0.2) is 39.7 Å². The highest BCUT2D eigenvalue weighted by atomic mass is 16.2. The van der Waals surface area contributed by atoms with Gasteiger partial charge in [-0.3, -0.25) is 19.4 Å². The van der Waals surface area contributed by atoms with Crippen molar-refractivity contribution in [1.82, 2.24) is 20.3 Å². The maximum atomic E-state index is 12.4. The number of pyridine rings is 1. The van der Waals surface area contributed by atoms with E-state index in [0.29, 0.717) is 17.1 Å². The first-order chi connectivity index (χ1) is 13.5. The third-order valence-corrected chi connectivity index (χ3v) is 3.85. The van der Waals surface area contributed by atoms with Gasteiger partial charge in [0, 0.05) is 24.6 Å². The molecule has 3 aromatic rings. The summed E-state index contributed by atoms with van der Waals surface area (Å²) in [5, 5.41) is 7.82. The summed E-state index contributed by atoms with van der Waals surface area (Å²) < 4.78 is 0. The largest absolute Gasteiger partial charge is 0.354 e. The Morgan fingerprint density at radius 1 is 0.857 bits per heavy atom.